The molecule has 136 valence electrons. The number of methoxy groups -OCH3 is 2. The molecule has 0 aliphatic rings. The van der Waals surface area contributed by atoms with Crippen molar-refractivity contribution in [1.82, 2.24) is 4.98 Å². The quantitative estimate of drug-likeness (QED) is 0.468. The Hall–Kier alpha value is -3.15. The number of hydrogen-bond acceptors (Lipinski definition) is 3. The van der Waals surface area contributed by atoms with Crippen molar-refractivity contribution in [3.8, 4) is 11.5 Å². The first-order valence-corrected chi connectivity index (χ1v) is 8.47. The molecule has 3 rings (SSSR count). The zero-order valence-electron chi connectivity index (χ0n) is 15.3. The molecule has 0 spiro atoms. The highest BCUT2D eigenvalue weighted by Crippen LogP contribution is 2.29. The van der Waals surface area contributed by atoms with E-state index in [1.807, 2.05) is 24.4 Å². The second-order valence-corrected chi connectivity index (χ2v) is 6.02. The summed E-state index contributed by atoms with van der Waals surface area (Å²) in [4.78, 5) is 7.76. The van der Waals surface area contributed by atoms with Gasteiger partial charge in [0.1, 0.15) is 0 Å². The Balaban J connectivity index is 1.64. The lowest BCUT2D eigenvalue weighted by molar-refractivity contribution is 0.355. The van der Waals surface area contributed by atoms with Crippen LogP contribution in [0.15, 0.2) is 47.6 Å². The maximum atomic E-state index is 6.00. The molecule has 0 saturated carbocycles. The Morgan fingerprint density at radius 2 is 1.96 bits per heavy atom. The highest BCUT2D eigenvalue weighted by molar-refractivity contribution is 5.92. The van der Waals surface area contributed by atoms with Gasteiger partial charge in [0.15, 0.2) is 17.5 Å². The predicted octanol–water partition coefficient (Wildman–Crippen LogP) is 3.46. The molecule has 0 atom stereocenters. The van der Waals surface area contributed by atoms with E-state index < -0.39 is 0 Å². The summed E-state index contributed by atoms with van der Waals surface area (Å²) in [5.74, 6) is 1.68. The van der Waals surface area contributed by atoms with Gasteiger partial charge in [-0.1, -0.05) is 18.2 Å². The number of para-hydroxylation sites is 1. The molecule has 0 bridgehead atoms. The lowest BCUT2D eigenvalue weighted by Crippen LogP contribution is -2.23. The number of aryl methyl sites for hydroxylation is 1. The number of aromatic amines is 1. The number of nitrogens with one attached hydrogen (secondary N) is 2. The fourth-order valence-electron chi connectivity index (χ4n) is 2.97. The molecular weight excluding hydrogens is 328 g/mol. The molecule has 2 aromatic carbocycles. The number of hydrogen-bond donors (Lipinski definition) is 3. The third-order valence-corrected chi connectivity index (χ3v) is 4.33. The first-order chi connectivity index (χ1) is 12.6. The number of nitrogens with zero attached hydrogens (tertiary/aromatic N) is 1. The Morgan fingerprint density at radius 1 is 1.15 bits per heavy atom. The van der Waals surface area contributed by atoms with Crippen molar-refractivity contribution < 1.29 is 9.47 Å². The Morgan fingerprint density at radius 3 is 2.73 bits per heavy atom. The number of aromatic nitrogens is 1. The van der Waals surface area contributed by atoms with Gasteiger partial charge in [-0.2, -0.15) is 0 Å². The second kappa shape index (κ2) is 7.82. The van der Waals surface area contributed by atoms with E-state index in [4.69, 9.17) is 15.2 Å². The summed E-state index contributed by atoms with van der Waals surface area (Å²) in [6.07, 6.45) is 2.86. The van der Waals surface area contributed by atoms with Gasteiger partial charge in [-0.25, -0.2) is 0 Å². The first-order valence-electron chi connectivity index (χ1n) is 8.47. The van der Waals surface area contributed by atoms with Crippen molar-refractivity contribution in [2.24, 2.45) is 10.7 Å². The molecular formula is C20H24N4O2. The van der Waals surface area contributed by atoms with Crippen molar-refractivity contribution in [2.75, 3.05) is 26.1 Å². The molecule has 0 amide bonds. The van der Waals surface area contributed by atoms with Crippen LogP contribution in [0.5, 0.6) is 11.5 Å². The van der Waals surface area contributed by atoms with Crippen LogP contribution in [0.3, 0.4) is 0 Å². The van der Waals surface area contributed by atoms with Crippen LogP contribution in [0.1, 0.15) is 11.1 Å². The molecule has 0 radical (unpaired) electrons. The van der Waals surface area contributed by atoms with Crippen LogP contribution in [0.25, 0.3) is 10.9 Å². The maximum absolute atomic E-state index is 6.00. The maximum Gasteiger partial charge on any atom is 0.193 e. The standard InChI is InChI=1S/C20H24N4O2/c1-13-5-4-6-16-14(12-23-19(13)16)9-10-22-20(21)24-15-7-8-17(25-2)18(11-15)26-3/h4-8,11-12,23H,9-10H2,1-3H3,(H3,21,22,24). The van der Waals surface area contributed by atoms with E-state index >= 15 is 0 Å². The lowest BCUT2D eigenvalue weighted by Gasteiger charge is -2.10. The molecule has 0 aliphatic carbocycles. The van der Waals surface area contributed by atoms with Crippen molar-refractivity contribution in [3.63, 3.8) is 0 Å². The van der Waals surface area contributed by atoms with Crippen LogP contribution in [-0.2, 0) is 6.42 Å². The van der Waals surface area contributed by atoms with Crippen molar-refractivity contribution in [3.05, 3.63) is 53.7 Å². The first kappa shape index (κ1) is 17.7. The van der Waals surface area contributed by atoms with E-state index in [1.54, 1.807) is 14.2 Å². The molecule has 0 aliphatic heterocycles. The van der Waals surface area contributed by atoms with Gasteiger partial charge in [-0.15, -0.1) is 0 Å². The smallest absolute Gasteiger partial charge is 0.193 e. The molecule has 3 aromatic rings. The lowest BCUT2D eigenvalue weighted by atomic mass is 10.1. The molecule has 1 aromatic heterocycles. The van der Waals surface area contributed by atoms with Crippen LogP contribution in [0, 0.1) is 6.92 Å². The van der Waals surface area contributed by atoms with Gasteiger partial charge < -0.3 is 25.5 Å². The number of nitrogens with two attached hydrogens (primary N) is 1. The van der Waals surface area contributed by atoms with E-state index in [0.29, 0.717) is 24.0 Å². The van der Waals surface area contributed by atoms with Gasteiger partial charge in [0.05, 0.1) is 14.2 Å². The van der Waals surface area contributed by atoms with Crippen molar-refractivity contribution in [1.29, 1.82) is 0 Å². The van der Waals surface area contributed by atoms with E-state index in [-0.39, 0.29) is 0 Å². The third kappa shape index (κ3) is 3.74. The van der Waals surface area contributed by atoms with Gasteiger partial charge in [0.25, 0.3) is 0 Å². The summed E-state index contributed by atoms with van der Waals surface area (Å²) in [6.45, 7) is 2.71. The Kier molecular flexibility index (Phi) is 5.31. The monoisotopic (exact) mass is 352 g/mol. The molecule has 0 saturated heterocycles. The highest BCUT2D eigenvalue weighted by atomic mass is 16.5. The predicted molar refractivity (Wildman–Crippen MR) is 106 cm³/mol. The second-order valence-electron chi connectivity index (χ2n) is 6.02. The summed E-state index contributed by atoms with van der Waals surface area (Å²) < 4.78 is 10.5. The SMILES string of the molecule is COc1ccc(NC(N)=NCCc2c[nH]c3c(C)cccc23)cc1OC. The Labute approximate surface area is 153 Å². The fraction of sp³-hybridized carbons (Fsp3) is 0.250. The number of H-pyrrole nitrogens is 1. The summed E-state index contributed by atoms with van der Waals surface area (Å²) in [5, 5.41) is 4.32. The van der Waals surface area contributed by atoms with Crippen LogP contribution in [-0.4, -0.2) is 31.7 Å². The van der Waals surface area contributed by atoms with Gasteiger partial charge >= 0.3 is 0 Å². The van der Waals surface area contributed by atoms with E-state index in [2.05, 4.69) is 40.4 Å². The Bertz CT molecular complexity index is 931. The van der Waals surface area contributed by atoms with Crippen LogP contribution < -0.4 is 20.5 Å². The van der Waals surface area contributed by atoms with E-state index in [9.17, 15) is 0 Å². The molecule has 0 unspecified atom stereocenters. The van der Waals surface area contributed by atoms with E-state index in [0.717, 1.165) is 12.1 Å². The van der Waals surface area contributed by atoms with Crippen LogP contribution in [0.2, 0.25) is 0 Å². The number of anilines is 1. The molecule has 26 heavy (non-hydrogen) atoms. The molecule has 1 heterocycles. The van der Waals surface area contributed by atoms with Crippen molar-refractivity contribution >= 4 is 22.5 Å². The van der Waals surface area contributed by atoms with Gasteiger partial charge in [-0.3, -0.25) is 4.99 Å². The van der Waals surface area contributed by atoms with Crippen LogP contribution in [0.4, 0.5) is 5.69 Å². The third-order valence-electron chi connectivity index (χ3n) is 4.33. The average molecular weight is 352 g/mol. The molecule has 6 nitrogen and oxygen atoms in total. The number of benzene rings is 2. The number of guanidine groups is 1. The van der Waals surface area contributed by atoms with Gasteiger partial charge in [0.2, 0.25) is 0 Å². The highest BCUT2D eigenvalue weighted by Gasteiger charge is 2.06. The number of ether oxygens (including phenoxy) is 2. The van der Waals surface area contributed by atoms with E-state index in [1.165, 1.54) is 22.0 Å². The summed E-state index contributed by atoms with van der Waals surface area (Å²) in [6, 6.07) is 11.8. The largest absolute Gasteiger partial charge is 0.493 e. The summed E-state index contributed by atoms with van der Waals surface area (Å²) in [5.41, 5.74) is 10.5. The number of aliphatic imine (C=N–C) groups is 1. The summed E-state index contributed by atoms with van der Waals surface area (Å²) in [7, 11) is 3.20. The minimum atomic E-state index is 0.369. The van der Waals surface area contributed by atoms with Crippen LogP contribution >= 0.6 is 0 Å². The minimum absolute atomic E-state index is 0.369. The zero-order valence-corrected chi connectivity index (χ0v) is 15.3. The number of rotatable bonds is 6. The fourth-order valence-corrected chi connectivity index (χ4v) is 2.97. The molecule has 0 fully saturated rings. The molecule has 4 N–H and O–H groups in total. The van der Waals surface area contributed by atoms with Crippen molar-refractivity contribution in [2.45, 2.75) is 13.3 Å². The topological polar surface area (TPSA) is 84.7 Å². The minimum Gasteiger partial charge on any atom is -0.493 e. The summed E-state index contributed by atoms with van der Waals surface area (Å²) >= 11 is 0. The normalized spacial score (nSPS) is 11.6. The average Bonchev–Trinajstić information content (AvgIpc) is 3.06. The molecule has 6 heteroatoms. The van der Waals surface area contributed by atoms with Gasteiger partial charge in [0, 0.05) is 35.4 Å². The zero-order chi connectivity index (χ0) is 18.5. The number of fused-ring (bicyclic) bond motifs is 1. The van der Waals surface area contributed by atoms with Gasteiger partial charge in [-0.05, 0) is 36.6 Å².